The molecule has 0 bridgehead atoms. The summed E-state index contributed by atoms with van der Waals surface area (Å²) in [7, 11) is 4.60. The van der Waals surface area contributed by atoms with Crippen LogP contribution in [0.5, 0.6) is 5.75 Å². The van der Waals surface area contributed by atoms with Crippen LogP contribution in [-0.2, 0) is 9.53 Å². The van der Waals surface area contributed by atoms with E-state index in [1.54, 1.807) is 38.4 Å². The molecule has 0 saturated carbocycles. The molecule has 0 spiro atoms. The molecule has 0 aromatic heterocycles. The highest BCUT2D eigenvalue weighted by Gasteiger charge is 2.27. The molecule has 0 aliphatic carbocycles. The maximum absolute atomic E-state index is 12.5. The number of rotatable bonds is 5. The minimum atomic E-state index is -1.07. The Morgan fingerprint density at radius 3 is 2.08 bits per heavy atom. The maximum atomic E-state index is 12.5. The van der Waals surface area contributed by atoms with Crippen molar-refractivity contribution in [2.75, 3.05) is 21.2 Å². The van der Waals surface area contributed by atoms with E-state index in [-0.39, 0.29) is 27.3 Å². The second kappa shape index (κ2) is 8.23. The Morgan fingerprint density at radius 2 is 1.60 bits per heavy atom. The molecule has 0 aliphatic heterocycles. The summed E-state index contributed by atoms with van der Waals surface area (Å²) in [5.41, 5.74) is 0.698. The van der Waals surface area contributed by atoms with E-state index >= 15 is 0 Å². The predicted octanol–water partition coefficient (Wildman–Crippen LogP) is 3.99. The molecule has 7 heteroatoms. The molecule has 0 unspecified atom stereocenters. The number of carbonyl (C=O) groups excluding carboxylic acids is 2. The molecule has 0 N–H and O–H groups in total. The van der Waals surface area contributed by atoms with Crippen molar-refractivity contribution in [1.29, 1.82) is 0 Å². The number of hydrogen-bond acceptors (Lipinski definition) is 4. The Bertz CT molecular complexity index is 755. The Labute approximate surface area is 156 Å². The summed E-state index contributed by atoms with van der Waals surface area (Å²) in [5, 5.41) is 0.356. The van der Waals surface area contributed by atoms with Crippen LogP contribution in [-0.4, -0.2) is 38.0 Å². The molecule has 0 heterocycles. The van der Waals surface area contributed by atoms with Gasteiger partial charge in [-0.2, -0.15) is 0 Å². The molecule has 0 fully saturated rings. The van der Waals surface area contributed by atoms with Crippen molar-refractivity contribution in [3.8, 4) is 5.75 Å². The number of carbonyl (C=O) groups is 2. The molecule has 0 aliphatic rings. The van der Waals surface area contributed by atoms with E-state index in [0.29, 0.717) is 5.56 Å². The second-order valence-corrected chi connectivity index (χ2v) is 6.22. The Morgan fingerprint density at radius 1 is 1.04 bits per heavy atom. The van der Waals surface area contributed by atoms with E-state index in [0.717, 1.165) is 0 Å². The van der Waals surface area contributed by atoms with Gasteiger partial charge in [0.2, 0.25) is 6.10 Å². The smallest absolute Gasteiger partial charge is 0.339 e. The van der Waals surface area contributed by atoms with Crippen LogP contribution in [0.2, 0.25) is 10.0 Å². The van der Waals surface area contributed by atoms with Crippen molar-refractivity contribution in [2.24, 2.45) is 0 Å². The molecular formula is C18H17Cl2NO4. The highest BCUT2D eigenvalue weighted by molar-refractivity contribution is 6.37. The van der Waals surface area contributed by atoms with E-state index in [9.17, 15) is 9.59 Å². The molecule has 25 heavy (non-hydrogen) atoms. The quantitative estimate of drug-likeness (QED) is 0.734. The van der Waals surface area contributed by atoms with Gasteiger partial charge in [0.1, 0.15) is 0 Å². The lowest BCUT2D eigenvalue weighted by atomic mass is 10.1. The Hall–Kier alpha value is -2.24. The van der Waals surface area contributed by atoms with Crippen molar-refractivity contribution in [2.45, 2.75) is 6.10 Å². The SMILES string of the molecule is COc1c(Cl)cc(C(=O)O[C@@H](C(=O)N(C)C)c2ccccc2)cc1Cl. The lowest BCUT2D eigenvalue weighted by Gasteiger charge is -2.21. The third-order valence-corrected chi connectivity index (χ3v) is 3.99. The molecule has 2 aromatic rings. The molecule has 5 nitrogen and oxygen atoms in total. The van der Waals surface area contributed by atoms with Gasteiger partial charge in [-0.3, -0.25) is 4.79 Å². The number of methoxy groups -OCH3 is 1. The third-order valence-electron chi connectivity index (χ3n) is 3.43. The minimum Gasteiger partial charge on any atom is -0.494 e. The van der Waals surface area contributed by atoms with Crippen LogP contribution < -0.4 is 4.74 Å². The average molecular weight is 382 g/mol. The first kappa shape index (κ1) is 19.1. The van der Waals surface area contributed by atoms with E-state index in [4.69, 9.17) is 32.7 Å². The first-order chi connectivity index (χ1) is 11.8. The fourth-order valence-electron chi connectivity index (χ4n) is 2.17. The van der Waals surface area contributed by atoms with Gasteiger partial charge in [0.05, 0.1) is 22.7 Å². The van der Waals surface area contributed by atoms with E-state index in [1.165, 1.54) is 24.1 Å². The van der Waals surface area contributed by atoms with Gasteiger partial charge < -0.3 is 14.4 Å². The summed E-state index contributed by atoms with van der Waals surface area (Å²) in [6, 6.07) is 11.5. The number of amides is 1. The summed E-state index contributed by atoms with van der Waals surface area (Å²) in [6.45, 7) is 0. The fraction of sp³-hybridized carbons (Fsp3) is 0.222. The topological polar surface area (TPSA) is 55.8 Å². The standard InChI is InChI=1S/C18H17Cl2NO4/c1-21(2)17(22)15(11-7-5-4-6-8-11)25-18(23)12-9-13(19)16(24-3)14(20)10-12/h4-10,15H,1-3H3/t15-/m1/s1. The van der Waals surface area contributed by atoms with Gasteiger partial charge in [-0.25, -0.2) is 4.79 Å². The fourth-order valence-corrected chi connectivity index (χ4v) is 2.81. The Kier molecular flexibility index (Phi) is 6.28. The molecule has 132 valence electrons. The van der Waals surface area contributed by atoms with E-state index < -0.39 is 12.1 Å². The minimum absolute atomic E-state index is 0.128. The van der Waals surface area contributed by atoms with Crippen LogP contribution in [0.3, 0.4) is 0 Å². The van der Waals surface area contributed by atoms with Gasteiger partial charge in [0.25, 0.3) is 5.91 Å². The van der Waals surface area contributed by atoms with Crippen LogP contribution in [0.15, 0.2) is 42.5 Å². The lowest BCUT2D eigenvalue weighted by molar-refractivity contribution is -0.138. The van der Waals surface area contributed by atoms with Gasteiger partial charge in [-0.1, -0.05) is 53.5 Å². The molecule has 2 rings (SSSR count). The number of esters is 1. The van der Waals surface area contributed by atoms with E-state index in [2.05, 4.69) is 0 Å². The monoisotopic (exact) mass is 381 g/mol. The van der Waals surface area contributed by atoms with Gasteiger partial charge >= 0.3 is 5.97 Å². The van der Waals surface area contributed by atoms with Crippen LogP contribution in [0, 0.1) is 0 Å². The summed E-state index contributed by atoms with van der Waals surface area (Å²) < 4.78 is 10.5. The molecule has 0 radical (unpaired) electrons. The zero-order chi connectivity index (χ0) is 18.6. The van der Waals surface area contributed by atoms with Crippen LogP contribution in [0.4, 0.5) is 0 Å². The molecular weight excluding hydrogens is 365 g/mol. The van der Waals surface area contributed by atoms with Crippen molar-refractivity contribution in [3.63, 3.8) is 0 Å². The number of ether oxygens (including phenoxy) is 2. The molecule has 0 saturated heterocycles. The summed E-state index contributed by atoms with van der Waals surface area (Å²) in [6.07, 6.45) is -1.07. The van der Waals surface area contributed by atoms with Crippen molar-refractivity contribution in [3.05, 3.63) is 63.6 Å². The van der Waals surface area contributed by atoms with Crippen molar-refractivity contribution >= 4 is 35.1 Å². The van der Waals surface area contributed by atoms with Gasteiger partial charge in [0.15, 0.2) is 5.75 Å². The first-order valence-electron chi connectivity index (χ1n) is 7.35. The highest BCUT2D eigenvalue weighted by atomic mass is 35.5. The van der Waals surface area contributed by atoms with Gasteiger partial charge in [0, 0.05) is 19.7 Å². The number of nitrogens with zero attached hydrogens (tertiary/aromatic N) is 1. The molecule has 1 amide bonds. The summed E-state index contributed by atoms with van der Waals surface area (Å²) >= 11 is 12.1. The van der Waals surface area contributed by atoms with E-state index in [1.807, 2.05) is 6.07 Å². The largest absolute Gasteiger partial charge is 0.494 e. The maximum Gasteiger partial charge on any atom is 0.339 e. The number of likely N-dealkylation sites (N-methyl/N-ethyl adjacent to an activating group) is 1. The van der Waals surface area contributed by atoms with Crippen molar-refractivity contribution < 1.29 is 19.1 Å². The number of hydrogen-bond donors (Lipinski definition) is 0. The normalized spacial score (nSPS) is 11.6. The number of benzene rings is 2. The highest BCUT2D eigenvalue weighted by Crippen LogP contribution is 2.34. The van der Waals surface area contributed by atoms with Gasteiger partial charge in [-0.05, 0) is 12.1 Å². The second-order valence-electron chi connectivity index (χ2n) is 5.40. The average Bonchev–Trinajstić information content (AvgIpc) is 2.59. The molecule has 1 atom stereocenters. The first-order valence-corrected chi connectivity index (χ1v) is 8.11. The zero-order valence-corrected chi connectivity index (χ0v) is 15.5. The van der Waals surface area contributed by atoms with Crippen LogP contribution >= 0.6 is 23.2 Å². The number of halogens is 2. The zero-order valence-electron chi connectivity index (χ0n) is 14.0. The van der Waals surface area contributed by atoms with Crippen LogP contribution in [0.25, 0.3) is 0 Å². The molecule has 2 aromatic carbocycles. The summed E-state index contributed by atoms with van der Waals surface area (Å²) in [4.78, 5) is 26.3. The van der Waals surface area contributed by atoms with Crippen LogP contribution in [0.1, 0.15) is 22.0 Å². The summed E-state index contributed by atoms with van der Waals surface area (Å²) in [5.74, 6) is -0.801. The lowest BCUT2D eigenvalue weighted by Crippen LogP contribution is -2.31. The van der Waals surface area contributed by atoms with Crippen molar-refractivity contribution in [1.82, 2.24) is 4.90 Å². The third kappa shape index (κ3) is 4.44. The van der Waals surface area contributed by atoms with Gasteiger partial charge in [-0.15, -0.1) is 0 Å². The predicted molar refractivity (Wildman–Crippen MR) is 96.3 cm³/mol. The Balaban J connectivity index is 2.33.